The Kier molecular flexibility index (Phi) is 3.70. The normalized spacial score (nSPS) is 13.7. The Morgan fingerprint density at radius 2 is 2.00 bits per heavy atom. The van der Waals surface area contributed by atoms with E-state index in [1.807, 2.05) is 17.6 Å². The number of halogens is 3. The van der Waals surface area contributed by atoms with E-state index < -0.39 is 12.7 Å². The van der Waals surface area contributed by atoms with E-state index >= 15 is 0 Å². The zero-order valence-electron chi connectivity index (χ0n) is 14.1. The summed E-state index contributed by atoms with van der Waals surface area (Å²) in [5, 5.41) is 3.85. The van der Waals surface area contributed by atoms with Gasteiger partial charge in [-0.25, -0.2) is 14.6 Å². The largest absolute Gasteiger partial charge is 0.491 e. The lowest BCUT2D eigenvalue weighted by atomic mass is 10.2. The molecule has 0 saturated heterocycles. The van der Waals surface area contributed by atoms with Crippen molar-refractivity contribution >= 4 is 0 Å². The maximum atomic E-state index is 12.8. The van der Waals surface area contributed by atoms with Gasteiger partial charge in [0.25, 0.3) is 0 Å². The zero-order chi connectivity index (χ0) is 18.5. The smallest absolute Gasteiger partial charge is 0.408 e. The number of aromatic nitrogens is 6. The molecular formula is C16H15F3N6O. The molecule has 0 N–H and O–H groups in total. The molecule has 4 heterocycles. The molecule has 0 atom stereocenters. The Bertz CT molecular complexity index is 975. The summed E-state index contributed by atoms with van der Waals surface area (Å²) in [4.78, 5) is 12.9. The predicted octanol–water partition coefficient (Wildman–Crippen LogP) is 2.78. The molecule has 0 aromatic carbocycles. The second-order valence-corrected chi connectivity index (χ2v) is 6.07. The highest BCUT2D eigenvalue weighted by Crippen LogP contribution is 2.33. The van der Waals surface area contributed by atoms with Crippen molar-refractivity contribution in [2.75, 3.05) is 6.61 Å². The Hall–Kier alpha value is -2.91. The predicted molar refractivity (Wildman–Crippen MR) is 85.5 cm³/mol. The third-order valence-corrected chi connectivity index (χ3v) is 3.95. The Balaban J connectivity index is 1.81. The van der Waals surface area contributed by atoms with E-state index in [1.165, 1.54) is 0 Å². The van der Waals surface area contributed by atoms with Crippen LogP contribution in [0, 0.1) is 13.8 Å². The third-order valence-electron chi connectivity index (χ3n) is 3.95. The van der Waals surface area contributed by atoms with Gasteiger partial charge in [-0.1, -0.05) is 0 Å². The maximum Gasteiger partial charge on any atom is 0.408 e. The van der Waals surface area contributed by atoms with Crippen LogP contribution in [0.4, 0.5) is 13.2 Å². The van der Waals surface area contributed by atoms with Gasteiger partial charge in [0.2, 0.25) is 0 Å². The second-order valence-electron chi connectivity index (χ2n) is 6.07. The fourth-order valence-corrected chi connectivity index (χ4v) is 2.91. The van der Waals surface area contributed by atoms with Gasteiger partial charge in [0.15, 0.2) is 5.82 Å². The quantitative estimate of drug-likeness (QED) is 0.699. The summed E-state index contributed by atoms with van der Waals surface area (Å²) in [6, 6.07) is 1.82. The molecular weight excluding hydrogens is 349 g/mol. The molecule has 0 fully saturated rings. The van der Waals surface area contributed by atoms with Crippen molar-refractivity contribution < 1.29 is 17.9 Å². The van der Waals surface area contributed by atoms with Crippen LogP contribution in [0.2, 0.25) is 0 Å². The molecule has 0 saturated carbocycles. The highest BCUT2D eigenvalue weighted by atomic mass is 19.4. The molecule has 3 aromatic rings. The number of imidazole rings is 1. The molecule has 3 aromatic heterocycles. The summed E-state index contributed by atoms with van der Waals surface area (Å²) in [5.41, 5.74) is 1.83. The van der Waals surface area contributed by atoms with Crippen LogP contribution in [-0.2, 0) is 13.1 Å². The lowest BCUT2D eigenvalue weighted by molar-refractivity contribution is -0.142. The third kappa shape index (κ3) is 3.02. The molecule has 10 heteroatoms. The summed E-state index contributed by atoms with van der Waals surface area (Å²) in [5.74, 6) is 1.58. The summed E-state index contributed by atoms with van der Waals surface area (Å²) in [6.45, 7) is 3.13. The summed E-state index contributed by atoms with van der Waals surface area (Å²) >= 11 is 0. The molecule has 0 radical (unpaired) electrons. The van der Waals surface area contributed by atoms with Crippen LogP contribution in [0.5, 0.6) is 5.75 Å². The fourth-order valence-electron chi connectivity index (χ4n) is 2.91. The van der Waals surface area contributed by atoms with Crippen molar-refractivity contribution in [1.82, 2.24) is 29.3 Å². The number of ether oxygens (including phenoxy) is 1. The number of hydrogen-bond donors (Lipinski definition) is 0. The van der Waals surface area contributed by atoms with Crippen molar-refractivity contribution in [2.45, 2.75) is 33.1 Å². The van der Waals surface area contributed by atoms with Crippen molar-refractivity contribution in [2.24, 2.45) is 0 Å². The molecule has 1 aliphatic heterocycles. The van der Waals surface area contributed by atoms with Gasteiger partial charge in [0.05, 0.1) is 12.1 Å². The van der Waals surface area contributed by atoms with E-state index in [-0.39, 0.29) is 11.6 Å². The van der Waals surface area contributed by atoms with Crippen LogP contribution >= 0.6 is 0 Å². The lowest BCUT2D eigenvalue weighted by Crippen LogP contribution is -2.19. The number of aryl methyl sites for hydroxylation is 2. The number of hydrogen-bond acceptors (Lipinski definition) is 5. The number of nitrogens with zero attached hydrogens (tertiary/aromatic N) is 6. The summed E-state index contributed by atoms with van der Waals surface area (Å²) in [6.07, 6.45) is -1.07. The molecule has 4 rings (SSSR count). The van der Waals surface area contributed by atoms with Crippen LogP contribution in [0.3, 0.4) is 0 Å². The van der Waals surface area contributed by atoms with Crippen LogP contribution in [0.15, 0.2) is 18.5 Å². The van der Waals surface area contributed by atoms with Gasteiger partial charge in [0.1, 0.15) is 36.2 Å². The minimum atomic E-state index is -4.40. The SMILES string of the molecule is Cc1cc2c(cn1)-c1nc(-c3nc(C)nn3CC(F)(F)F)cn1CCO2. The second kappa shape index (κ2) is 5.82. The van der Waals surface area contributed by atoms with Crippen LogP contribution in [-0.4, -0.2) is 42.1 Å². The lowest BCUT2D eigenvalue weighted by Gasteiger charge is -2.08. The van der Waals surface area contributed by atoms with E-state index in [0.717, 1.165) is 10.4 Å². The molecule has 0 aliphatic carbocycles. The molecule has 7 nitrogen and oxygen atoms in total. The van der Waals surface area contributed by atoms with Gasteiger partial charge < -0.3 is 9.30 Å². The number of fused-ring (bicyclic) bond motifs is 3. The topological polar surface area (TPSA) is 70.7 Å². The molecule has 0 bridgehead atoms. The van der Waals surface area contributed by atoms with Crippen LogP contribution in [0.1, 0.15) is 11.5 Å². The van der Waals surface area contributed by atoms with Crippen molar-refractivity contribution in [3.05, 3.63) is 30.0 Å². The maximum absolute atomic E-state index is 12.8. The Morgan fingerprint density at radius 1 is 1.19 bits per heavy atom. The van der Waals surface area contributed by atoms with E-state index in [2.05, 4.69) is 20.1 Å². The Labute approximate surface area is 146 Å². The minimum Gasteiger partial charge on any atom is -0.491 e. The van der Waals surface area contributed by atoms with E-state index in [9.17, 15) is 13.2 Å². The van der Waals surface area contributed by atoms with E-state index in [4.69, 9.17) is 4.74 Å². The number of rotatable bonds is 2. The first-order valence-electron chi connectivity index (χ1n) is 7.96. The van der Waals surface area contributed by atoms with Gasteiger partial charge in [-0.05, 0) is 13.8 Å². The number of pyridine rings is 1. The fraction of sp³-hybridized carbons (Fsp3) is 0.375. The van der Waals surface area contributed by atoms with E-state index in [1.54, 1.807) is 19.3 Å². The summed E-state index contributed by atoms with van der Waals surface area (Å²) in [7, 11) is 0. The zero-order valence-corrected chi connectivity index (χ0v) is 14.1. The monoisotopic (exact) mass is 364 g/mol. The first-order valence-corrected chi connectivity index (χ1v) is 7.96. The standard InChI is InChI=1S/C16H15F3N6O/c1-9-5-13-11(6-20-9)14-22-12(7-24(14)3-4-26-13)15-21-10(2)23-25(15)8-16(17,18)19/h5-7H,3-4,8H2,1-2H3. The van der Waals surface area contributed by atoms with Gasteiger partial charge >= 0.3 is 6.18 Å². The molecule has 26 heavy (non-hydrogen) atoms. The number of alkyl halides is 3. The van der Waals surface area contributed by atoms with Gasteiger partial charge in [0, 0.05) is 24.2 Å². The highest BCUT2D eigenvalue weighted by Gasteiger charge is 2.31. The van der Waals surface area contributed by atoms with Crippen molar-refractivity contribution in [3.8, 4) is 28.7 Å². The molecule has 0 unspecified atom stereocenters. The minimum absolute atomic E-state index is 0.0861. The van der Waals surface area contributed by atoms with Crippen molar-refractivity contribution in [1.29, 1.82) is 0 Å². The summed E-state index contributed by atoms with van der Waals surface area (Å²) < 4.78 is 46.9. The van der Waals surface area contributed by atoms with Gasteiger partial charge in [-0.3, -0.25) is 4.98 Å². The van der Waals surface area contributed by atoms with Crippen molar-refractivity contribution in [3.63, 3.8) is 0 Å². The first kappa shape index (κ1) is 16.6. The molecule has 0 amide bonds. The van der Waals surface area contributed by atoms with Gasteiger partial charge in [-0.15, -0.1) is 0 Å². The molecule has 0 spiro atoms. The average Bonchev–Trinajstić information content (AvgIpc) is 3.05. The average molecular weight is 364 g/mol. The first-order chi connectivity index (χ1) is 12.3. The molecule has 1 aliphatic rings. The Morgan fingerprint density at radius 3 is 2.77 bits per heavy atom. The van der Waals surface area contributed by atoms with E-state index in [0.29, 0.717) is 36.0 Å². The van der Waals surface area contributed by atoms with Crippen LogP contribution < -0.4 is 4.74 Å². The highest BCUT2D eigenvalue weighted by molar-refractivity contribution is 5.67. The van der Waals surface area contributed by atoms with Crippen LogP contribution in [0.25, 0.3) is 22.9 Å². The molecule has 136 valence electrons. The van der Waals surface area contributed by atoms with Gasteiger partial charge in [-0.2, -0.15) is 18.3 Å².